The lowest BCUT2D eigenvalue weighted by atomic mass is 9.95. The number of hydrogen-bond donors (Lipinski definition) is 1. The monoisotopic (exact) mass is 402 g/mol. The number of alkyl halides is 3. The number of carbonyl (C=O) groups is 1. The summed E-state index contributed by atoms with van der Waals surface area (Å²) < 4.78 is 58.3. The minimum Gasteiger partial charge on any atom is -0.465 e. The van der Waals surface area contributed by atoms with Crippen molar-refractivity contribution in [2.24, 2.45) is 0 Å². The zero-order valence-electron chi connectivity index (χ0n) is 14.6. The second kappa shape index (κ2) is 7.50. The van der Waals surface area contributed by atoms with Gasteiger partial charge in [-0.15, -0.1) is 0 Å². The van der Waals surface area contributed by atoms with Crippen molar-refractivity contribution in [3.8, 4) is 11.3 Å². The van der Waals surface area contributed by atoms with Crippen LogP contribution in [0.25, 0.3) is 11.3 Å². The number of aryl methyl sites for hydroxylation is 1. The molecule has 0 aliphatic rings. The Bertz CT molecular complexity index is 932. The van der Waals surface area contributed by atoms with Gasteiger partial charge in [-0.1, -0.05) is 0 Å². The van der Waals surface area contributed by atoms with Gasteiger partial charge in [0.25, 0.3) is 5.60 Å². The van der Waals surface area contributed by atoms with Crippen molar-refractivity contribution in [1.29, 1.82) is 0 Å². The number of methoxy groups -OCH3 is 1. The van der Waals surface area contributed by atoms with Crippen LogP contribution in [0.5, 0.6) is 0 Å². The van der Waals surface area contributed by atoms with Gasteiger partial charge in [0.2, 0.25) is 6.54 Å². The van der Waals surface area contributed by atoms with Crippen molar-refractivity contribution in [3.05, 3.63) is 63.1 Å². The van der Waals surface area contributed by atoms with Crippen molar-refractivity contribution >= 4 is 5.97 Å². The van der Waals surface area contributed by atoms with E-state index in [4.69, 9.17) is 0 Å². The van der Waals surface area contributed by atoms with E-state index in [1.807, 2.05) is 0 Å². The maximum Gasteiger partial charge on any atom is 0.429 e. The number of rotatable bonds is 5. The molecule has 1 aromatic heterocycles. The summed E-state index contributed by atoms with van der Waals surface area (Å²) in [6.45, 7) is -0.515. The van der Waals surface area contributed by atoms with Gasteiger partial charge in [0.15, 0.2) is 0 Å². The molecule has 1 heterocycles. The zero-order valence-corrected chi connectivity index (χ0v) is 14.6. The first kappa shape index (κ1) is 21.2. The number of hydrogen-bond acceptors (Lipinski definition) is 6. The highest BCUT2D eigenvalue weighted by Gasteiger charge is 2.60. The van der Waals surface area contributed by atoms with Crippen molar-refractivity contribution in [2.45, 2.75) is 18.7 Å². The number of aromatic nitrogens is 1. The van der Waals surface area contributed by atoms with Crippen LogP contribution in [0.15, 0.2) is 30.3 Å². The van der Waals surface area contributed by atoms with Gasteiger partial charge in [0, 0.05) is 10.5 Å². The lowest BCUT2D eigenvalue weighted by molar-refractivity contribution is -0.519. The third-order valence-electron chi connectivity index (χ3n) is 3.95. The standard InChI is InChI=1S/C17H14F4N2O5/c1-9-5-10(3-4-12(9)18)13-6-11(15(24)28-2)7-14(22-13)16(25,8-23(26)27)17(19,20)21/h3-7,25H,8H2,1-2H3. The highest BCUT2D eigenvalue weighted by Crippen LogP contribution is 2.39. The summed E-state index contributed by atoms with van der Waals surface area (Å²) in [4.78, 5) is 24.9. The molecule has 1 N–H and O–H groups in total. The average Bonchev–Trinajstić information content (AvgIpc) is 2.61. The van der Waals surface area contributed by atoms with E-state index in [9.17, 15) is 37.6 Å². The van der Waals surface area contributed by atoms with Crippen molar-refractivity contribution in [3.63, 3.8) is 0 Å². The average molecular weight is 402 g/mol. The molecule has 7 nitrogen and oxygen atoms in total. The van der Waals surface area contributed by atoms with Gasteiger partial charge in [0.1, 0.15) is 5.82 Å². The topological polar surface area (TPSA) is 103 Å². The van der Waals surface area contributed by atoms with Crippen LogP contribution in [0, 0.1) is 22.9 Å². The van der Waals surface area contributed by atoms with Crippen molar-refractivity contribution < 1.29 is 37.1 Å². The molecule has 11 heteroatoms. The summed E-state index contributed by atoms with van der Waals surface area (Å²) in [5, 5.41) is 20.8. The van der Waals surface area contributed by atoms with E-state index in [2.05, 4.69) is 9.72 Å². The maximum atomic E-state index is 13.5. The van der Waals surface area contributed by atoms with Gasteiger partial charge >= 0.3 is 12.1 Å². The highest BCUT2D eigenvalue weighted by molar-refractivity contribution is 5.90. The van der Waals surface area contributed by atoms with Crippen LogP contribution in [-0.4, -0.2) is 40.8 Å². The fraction of sp³-hybridized carbons (Fsp3) is 0.294. The van der Waals surface area contributed by atoms with E-state index >= 15 is 0 Å². The summed E-state index contributed by atoms with van der Waals surface area (Å²) in [7, 11) is 0.983. The van der Waals surface area contributed by atoms with Crippen molar-refractivity contribution in [2.75, 3.05) is 13.7 Å². The molecule has 1 unspecified atom stereocenters. The first-order chi connectivity index (χ1) is 12.9. The second-order valence-corrected chi connectivity index (χ2v) is 5.93. The smallest absolute Gasteiger partial charge is 0.429 e. The number of ether oxygens (including phenoxy) is 1. The number of nitro groups is 1. The molecule has 0 spiro atoms. The van der Waals surface area contributed by atoms with Crippen molar-refractivity contribution in [1.82, 2.24) is 4.98 Å². The van der Waals surface area contributed by atoms with Gasteiger partial charge in [0.05, 0.1) is 24.1 Å². The van der Waals surface area contributed by atoms with Gasteiger partial charge in [-0.2, -0.15) is 13.2 Å². The fourth-order valence-corrected chi connectivity index (χ4v) is 2.43. The van der Waals surface area contributed by atoms with Crippen LogP contribution in [0.3, 0.4) is 0 Å². The maximum absolute atomic E-state index is 13.5. The summed E-state index contributed by atoms with van der Waals surface area (Å²) >= 11 is 0. The Morgan fingerprint density at radius 2 is 1.93 bits per heavy atom. The molecule has 1 aromatic carbocycles. The third-order valence-corrected chi connectivity index (χ3v) is 3.95. The summed E-state index contributed by atoms with van der Waals surface area (Å²) in [5.41, 5.74) is -5.47. The van der Waals surface area contributed by atoms with Crippen LogP contribution < -0.4 is 0 Å². The molecule has 0 saturated carbocycles. The molecule has 0 aliphatic heterocycles. The predicted molar refractivity (Wildman–Crippen MR) is 87.5 cm³/mol. The van der Waals surface area contributed by atoms with E-state index < -0.39 is 46.3 Å². The number of halogens is 4. The normalized spacial score (nSPS) is 13.7. The molecule has 0 amide bonds. The Kier molecular flexibility index (Phi) is 5.69. The molecular formula is C17H14F4N2O5. The van der Waals surface area contributed by atoms with Crippen LogP contribution in [-0.2, 0) is 10.3 Å². The first-order valence-corrected chi connectivity index (χ1v) is 7.67. The minimum atomic E-state index is -5.46. The molecule has 0 aliphatic carbocycles. The van der Waals surface area contributed by atoms with E-state index in [-0.39, 0.29) is 16.8 Å². The largest absolute Gasteiger partial charge is 0.465 e. The quantitative estimate of drug-likeness (QED) is 0.357. The van der Waals surface area contributed by atoms with Gasteiger partial charge < -0.3 is 9.84 Å². The Morgan fingerprint density at radius 3 is 2.43 bits per heavy atom. The number of aliphatic hydroxyl groups is 1. The number of carbonyl (C=O) groups excluding carboxylic acids is 1. The van der Waals surface area contributed by atoms with Crippen LogP contribution in [0.2, 0.25) is 0 Å². The highest BCUT2D eigenvalue weighted by atomic mass is 19.4. The molecule has 28 heavy (non-hydrogen) atoms. The first-order valence-electron chi connectivity index (χ1n) is 7.67. The van der Waals surface area contributed by atoms with E-state index in [1.165, 1.54) is 19.1 Å². The second-order valence-electron chi connectivity index (χ2n) is 5.93. The Morgan fingerprint density at radius 1 is 1.29 bits per heavy atom. The molecule has 0 saturated heterocycles. The molecule has 0 bridgehead atoms. The molecule has 2 rings (SSSR count). The fourth-order valence-electron chi connectivity index (χ4n) is 2.43. The molecule has 2 aromatic rings. The van der Waals surface area contributed by atoms with Gasteiger partial charge in [-0.05, 0) is 42.8 Å². The predicted octanol–water partition coefficient (Wildman–Crippen LogP) is 3.01. The summed E-state index contributed by atoms with van der Waals surface area (Å²) in [5.74, 6) is -1.62. The molecule has 1 atom stereocenters. The Hall–Kier alpha value is -3.08. The number of pyridine rings is 1. The van der Waals surface area contributed by atoms with E-state index in [1.54, 1.807) is 0 Å². The lowest BCUT2D eigenvalue weighted by Crippen LogP contribution is -2.48. The number of esters is 1. The van der Waals surface area contributed by atoms with Gasteiger partial charge in [-0.25, -0.2) is 14.2 Å². The summed E-state index contributed by atoms with van der Waals surface area (Å²) in [6.07, 6.45) is -5.46. The zero-order chi connectivity index (χ0) is 21.3. The SMILES string of the molecule is COC(=O)c1cc(-c2ccc(F)c(C)c2)nc(C(O)(C[N+](=O)[O-])C(F)(F)F)c1. The number of nitrogens with zero attached hydrogens (tertiary/aromatic N) is 2. The molecular weight excluding hydrogens is 388 g/mol. The van der Waals surface area contributed by atoms with Crippen LogP contribution in [0.4, 0.5) is 17.6 Å². The lowest BCUT2D eigenvalue weighted by Gasteiger charge is -2.26. The Balaban J connectivity index is 2.77. The molecule has 0 radical (unpaired) electrons. The van der Waals surface area contributed by atoms with Gasteiger partial charge in [-0.3, -0.25) is 10.1 Å². The summed E-state index contributed by atoms with van der Waals surface area (Å²) in [6, 6.07) is 5.16. The van der Waals surface area contributed by atoms with Crippen LogP contribution in [0.1, 0.15) is 21.6 Å². The number of benzene rings is 1. The van der Waals surface area contributed by atoms with E-state index in [0.29, 0.717) is 6.07 Å². The van der Waals surface area contributed by atoms with Crippen LogP contribution >= 0.6 is 0 Å². The molecule has 0 fully saturated rings. The minimum absolute atomic E-state index is 0.136. The third kappa shape index (κ3) is 4.09. The molecule has 150 valence electrons. The van der Waals surface area contributed by atoms with E-state index in [0.717, 1.165) is 19.2 Å². The Labute approximate surface area is 155 Å².